The van der Waals surface area contributed by atoms with Crippen molar-refractivity contribution >= 4 is 11.3 Å². The third-order valence-electron chi connectivity index (χ3n) is 9.42. The van der Waals surface area contributed by atoms with E-state index < -0.39 is 11.6 Å². The smallest absolute Gasteiger partial charge is 0.145 e. The van der Waals surface area contributed by atoms with Crippen molar-refractivity contribution < 1.29 is 13.5 Å². The van der Waals surface area contributed by atoms with Gasteiger partial charge >= 0.3 is 0 Å². The Morgan fingerprint density at radius 2 is 1.81 bits per heavy atom. The van der Waals surface area contributed by atoms with E-state index in [1.807, 2.05) is 36.7 Å². The Morgan fingerprint density at radius 1 is 1.05 bits per heavy atom. The van der Waals surface area contributed by atoms with E-state index in [9.17, 15) is 8.78 Å². The highest BCUT2D eigenvalue weighted by atomic mass is 32.1. The van der Waals surface area contributed by atoms with E-state index in [-0.39, 0.29) is 16.9 Å². The maximum absolute atomic E-state index is 15.0. The van der Waals surface area contributed by atoms with Gasteiger partial charge in [0.15, 0.2) is 0 Å². The molecule has 2 unspecified atom stereocenters. The summed E-state index contributed by atoms with van der Waals surface area (Å²) < 4.78 is 38.1. The Balaban J connectivity index is 1.40. The number of hydrogen-bond donors (Lipinski definition) is 0. The fourth-order valence-electron chi connectivity index (χ4n) is 6.89. The molecule has 0 radical (unpaired) electrons. The summed E-state index contributed by atoms with van der Waals surface area (Å²) in [5.74, 6) is 1.63. The maximum Gasteiger partial charge on any atom is 0.145 e. The van der Waals surface area contributed by atoms with E-state index in [0.29, 0.717) is 24.0 Å². The quantitative estimate of drug-likeness (QED) is 0.192. The first-order valence-corrected chi connectivity index (χ1v) is 15.6. The SMILES string of the molecule is CCC1(c2ccc(-c3c(F)cccc3F)cc2-c2nccn2-c2sc(C3COc4ccccc43)cc2C(C)C)C[C@@H]1C. The molecule has 3 atom stereocenters. The lowest BCUT2D eigenvalue weighted by molar-refractivity contribution is 0.344. The number of imidazole rings is 1. The van der Waals surface area contributed by atoms with Crippen molar-refractivity contribution in [2.75, 3.05) is 6.61 Å². The van der Waals surface area contributed by atoms with Gasteiger partial charge in [0.05, 0.1) is 11.5 Å². The summed E-state index contributed by atoms with van der Waals surface area (Å²) in [6.07, 6.45) is 5.94. The highest BCUT2D eigenvalue weighted by Gasteiger charge is 2.52. The lowest BCUT2D eigenvalue weighted by Crippen LogP contribution is -2.11. The molecule has 42 heavy (non-hydrogen) atoms. The molecular formula is C36H34F2N2OS. The van der Waals surface area contributed by atoms with E-state index in [1.165, 1.54) is 39.8 Å². The molecule has 3 nitrogen and oxygen atoms in total. The Hall–Kier alpha value is -3.77. The van der Waals surface area contributed by atoms with Gasteiger partial charge in [-0.1, -0.05) is 64.1 Å². The number of aromatic nitrogens is 2. The van der Waals surface area contributed by atoms with Crippen LogP contribution in [0.5, 0.6) is 5.75 Å². The van der Waals surface area contributed by atoms with Gasteiger partial charge in [-0.05, 0) is 77.1 Å². The molecule has 0 amide bonds. The van der Waals surface area contributed by atoms with Crippen LogP contribution in [0.2, 0.25) is 0 Å². The van der Waals surface area contributed by atoms with Gasteiger partial charge in [-0.2, -0.15) is 0 Å². The predicted octanol–water partition coefficient (Wildman–Crippen LogP) is 9.88. The molecule has 3 heterocycles. The number of halogens is 2. The summed E-state index contributed by atoms with van der Waals surface area (Å²) in [7, 11) is 0. The summed E-state index contributed by atoms with van der Waals surface area (Å²) in [6.45, 7) is 9.58. The maximum atomic E-state index is 15.0. The first kappa shape index (κ1) is 27.1. The van der Waals surface area contributed by atoms with Crippen molar-refractivity contribution in [1.29, 1.82) is 0 Å². The molecule has 0 saturated heterocycles. The van der Waals surface area contributed by atoms with E-state index in [1.54, 1.807) is 11.3 Å². The van der Waals surface area contributed by atoms with Gasteiger partial charge in [0.25, 0.3) is 0 Å². The van der Waals surface area contributed by atoms with Gasteiger partial charge in [-0.3, -0.25) is 4.57 Å². The summed E-state index contributed by atoms with van der Waals surface area (Å²) in [6, 6.07) is 20.5. The summed E-state index contributed by atoms with van der Waals surface area (Å²) in [5.41, 5.74) is 5.16. The number of benzene rings is 3. The van der Waals surface area contributed by atoms with Gasteiger partial charge in [0.1, 0.15) is 34.8 Å². The van der Waals surface area contributed by atoms with Crippen LogP contribution < -0.4 is 4.74 Å². The highest BCUT2D eigenvalue weighted by Crippen LogP contribution is 2.59. The summed E-state index contributed by atoms with van der Waals surface area (Å²) in [4.78, 5) is 6.17. The molecule has 214 valence electrons. The minimum absolute atomic E-state index is 0.000946. The van der Waals surface area contributed by atoms with Gasteiger partial charge in [-0.15, -0.1) is 11.3 Å². The van der Waals surface area contributed by atoms with Crippen molar-refractivity contribution in [2.24, 2.45) is 5.92 Å². The Bertz CT molecular complexity index is 1780. The van der Waals surface area contributed by atoms with Crippen LogP contribution in [0.15, 0.2) is 79.1 Å². The van der Waals surface area contributed by atoms with Crippen molar-refractivity contribution in [3.05, 3.63) is 112 Å². The largest absolute Gasteiger partial charge is 0.492 e. The van der Waals surface area contributed by atoms with Crippen molar-refractivity contribution in [3.63, 3.8) is 0 Å². The van der Waals surface area contributed by atoms with Crippen LogP contribution in [0.1, 0.15) is 73.9 Å². The number of para-hydroxylation sites is 1. The minimum atomic E-state index is -0.564. The zero-order valence-electron chi connectivity index (χ0n) is 24.3. The van der Waals surface area contributed by atoms with Crippen molar-refractivity contribution in [2.45, 2.75) is 57.8 Å². The van der Waals surface area contributed by atoms with Crippen LogP contribution in [0.25, 0.3) is 27.5 Å². The number of nitrogens with zero attached hydrogens (tertiary/aromatic N) is 2. The molecule has 1 saturated carbocycles. The van der Waals surface area contributed by atoms with Crippen LogP contribution in [0.3, 0.4) is 0 Å². The second-order valence-corrected chi connectivity index (χ2v) is 13.1. The van der Waals surface area contributed by atoms with Crippen LogP contribution >= 0.6 is 11.3 Å². The molecular weight excluding hydrogens is 546 g/mol. The molecule has 0 spiro atoms. The number of rotatable bonds is 7. The van der Waals surface area contributed by atoms with Gasteiger partial charge < -0.3 is 4.74 Å². The minimum Gasteiger partial charge on any atom is -0.492 e. The van der Waals surface area contributed by atoms with Crippen molar-refractivity contribution in [1.82, 2.24) is 9.55 Å². The first-order valence-electron chi connectivity index (χ1n) is 14.8. The fraction of sp³-hybridized carbons (Fsp3) is 0.306. The van der Waals surface area contributed by atoms with Crippen LogP contribution in [-0.2, 0) is 5.41 Å². The van der Waals surface area contributed by atoms with Crippen molar-refractivity contribution in [3.8, 4) is 33.3 Å². The Labute approximate surface area is 249 Å². The Kier molecular flexibility index (Phi) is 6.58. The highest BCUT2D eigenvalue weighted by molar-refractivity contribution is 7.14. The fourth-order valence-corrected chi connectivity index (χ4v) is 8.30. The molecule has 1 aliphatic heterocycles. The van der Waals surface area contributed by atoms with E-state index in [4.69, 9.17) is 9.72 Å². The molecule has 1 aliphatic carbocycles. The van der Waals surface area contributed by atoms with E-state index in [0.717, 1.165) is 35.0 Å². The molecule has 3 aromatic carbocycles. The molecule has 0 N–H and O–H groups in total. The molecule has 2 aliphatic rings. The van der Waals surface area contributed by atoms with Gasteiger partial charge in [0, 0.05) is 28.4 Å². The molecule has 7 rings (SSSR count). The number of ether oxygens (including phenoxy) is 1. The molecule has 5 aromatic rings. The third kappa shape index (κ3) is 4.22. The zero-order valence-corrected chi connectivity index (χ0v) is 25.1. The normalized spacial score (nSPS) is 21.0. The third-order valence-corrected chi connectivity index (χ3v) is 10.7. The Morgan fingerprint density at radius 3 is 2.52 bits per heavy atom. The molecule has 0 bridgehead atoms. The average Bonchev–Trinajstić information content (AvgIpc) is 3.43. The lowest BCUT2D eigenvalue weighted by atomic mass is 9.85. The van der Waals surface area contributed by atoms with Gasteiger partial charge in [0.2, 0.25) is 0 Å². The first-order chi connectivity index (χ1) is 20.3. The topological polar surface area (TPSA) is 27.1 Å². The van der Waals surface area contributed by atoms with Crippen LogP contribution in [-0.4, -0.2) is 16.2 Å². The van der Waals surface area contributed by atoms with E-state index in [2.05, 4.69) is 56.5 Å². The summed E-state index contributed by atoms with van der Waals surface area (Å²) in [5, 5.41) is 1.12. The zero-order chi connectivity index (χ0) is 29.2. The number of thiophene rings is 1. The monoisotopic (exact) mass is 580 g/mol. The number of fused-ring (bicyclic) bond motifs is 1. The van der Waals surface area contributed by atoms with Gasteiger partial charge in [-0.25, -0.2) is 13.8 Å². The van der Waals surface area contributed by atoms with Crippen LogP contribution in [0.4, 0.5) is 8.78 Å². The molecule has 6 heteroatoms. The standard InChI is InChI=1S/C36H34F2N2OS/c1-5-36(19-22(36)4)28-14-13-23(33-29(37)10-8-11-30(33)38)17-26(28)34-39-15-16-40(34)35-25(21(2)3)18-32(42-35)27-20-41-31-12-7-6-9-24(27)31/h6-18,21-22,27H,5,19-20H2,1-4H3/t22-,27?,36?/m0/s1. The summed E-state index contributed by atoms with van der Waals surface area (Å²) >= 11 is 1.78. The molecule has 1 fully saturated rings. The lowest BCUT2D eigenvalue weighted by Gasteiger charge is -2.21. The number of hydrogen-bond acceptors (Lipinski definition) is 3. The molecule has 2 aromatic heterocycles. The average molecular weight is 581 g/mol. The second kappa shape index (κ2) is 10.2. The predicted molar refractivity (Wildman–Crippen MR) is 166 cm³/mol. The van der Waals surface area contributed by atoms with Crippen LogP contribution in [0, 0.1) is 17.6 Å². The van der Waals surface area contributed by atoms with E-state index >= 15 is 0 Å². The second-order valence-electron chi connectivity index (χ2n) is 12.1.